The third kappa shape index (κ3) is 5.62. The minimum Gasteiger partial charge on any atom is -0.496 e. The predicted octanol–water partition coefficient (Wildman–Crippen LogP) is 4.21. The van der Waals surface area contributed by atoms with Crippen LogP contribution in [-0.4, -0.2) is 30.6 Å². The van der Waals surface area contributed by atoms with E-state index in [9.17, 15) is 13.9 Å². The number of hydrogen-bond donors (Lipinski definition) is 2. The van der Waals surface area contributed by atoms with Gasteiger partial charge in [0, 0.05) is 6.04 Å². The van der Waals surface area contributed by atoms with E-state index >= 15 is 0 Å². The molecule has 1 aliphatic rings. The second-order valence-electron chi connectivity index (χ2n) is 6.11. The van der Waals surface area contributed by atoms with E-state index in [1.807, 2.05) is 19.1 Å². The van der Waals surface area contributed by atoms with E-state index < -0.39 is 5.76 Å². The van der Waals surface area contributed by atoms with Crippen LogP contribution in [0.15, 0.2) is 23.1 Å². The third-order valence-corrected chi connectivity index (χ3v) is 5.14. The molecule has 1 fully saturated rings. The first kappa shape index (κ1) is 18.5. The number of nitrogens with one attached hydrogen (secondary N) is 1. The molecule has 1 saturated carbocycles. The van der Waals surface area contributed by atoms with Crippen molar-refractivity contribution in [3.63, 3.8) is 0 Å². The summed E-state index contributed by atoms with van der Waals surface area (Å²) in [5.41, 5.74) is 1.01. The number of benzene rings is 1. The molecule has 0 bridgehead atoms. The van der Waals surface area contributed by atoms with Crippen molar-refractivity contribution >= 4 is 11.8 Å². The Morgan fingerprint density at radius 2 is 2.17 bits per heavy atom. The predicted molar refractivity (Wildman–Crippen MR) is 89.2 cm³/mol. The van der Waals surface area contributed by atoms with Gasteiger partial charge in [0.05, 0.1) is 18.1 Å². The van der Waals surface area contributed by atoms with Crippen LogP contribution in [0, 0.1) is 5.92 Å². The van der Waals surface area contributed by atoms with Crippen LogP contribution in [0.2, 0.25) is 0 Å². The third-order valence-electron chi connectivity index (χ3n) is 4.37. The normalized spacial score (nSPS) is 23.0. The molecule has 0 heterocycles. The van der Waals surface area contributed by atoms with Gasteiger partial charge in [-0.15, -0.1) is 0 Å². The van der Waals surface area contributed by atoms with Crippen molar-refractivity contribution in [1.82, 2.24) is 5.32 Å². The summed E-state index contributed by atoms with van der Waals surface area (Å²) in [5, 5.41) is 13.2. The van der Waals surface area contributed by atoms with Gasteiger partial charge in [0.2, 0.25) is 0 Å². The van der Waals surface area contributed by atoms with Crippen LogP contribution in [-0.2, 0) is 0 Å². The minimum absolute atomic E-state index is 0.105. The number of aliphatic hydroxyl groups excluding tert-OH is 1. The Kier molecular flexibility index (Phi) is 7.11. The molecule has 6 heteroatoms. The summed E-state index contributed by atoms with van der Waals surface area (Å²) >= 11 is 0.500. The zero-order chi connectivity index (χ0) is 16.8. The Morgan fingerprint density at radius 1 is 1.39 bits per heavy atom. The zero-order valence-corrected chi connectivity index (χ0v) is 14.4. The highest BCUT2D eigenvalue weighted by Gasteiger charge is 2.21. The Morgan fingerprint density at radius 3 is 2.83 bits per heavy atom. The van der Waals surface area contributed by atoms with Gasteiger partial charge in [-0.1, -0.05) is 24.2 Å². The van der Waals surface area contributed by atoms with Gasteiger partial charge in [0.15, 0.2) is 0 Å². The van der Waals surface area contributed by atoms with Crippen molar-refractivity contribution < 1.29 is 18.6 Å². The number of hydrogen-bond acceptors (Lipinski definition) is 4. The number of aliphatic hydroxyl groups is 1. The number of ether oxygens (including phenoxy) is 1. The summed E-state index contributed by atoms with van der Waals surface area (Å²) in [5.74, 6) is -1.48. The van der Waals surface area contributed by atoms with Crippen LogP contribution in [0.25, 0.3) is 0 Å². The molecule has 0 aliphatic heterocycles. The van der Waals surface area contributed by atoms with Crippen LogP contribution >= 0.6 is 11.8 Å². The lowest BCUT2D eigenvalue weighted by molar-refractivity contribution is 0.0998. The quantitative estimate of drug-likeness (QED) is 0.726. The van der Waals surface area contributed by atoms with Gasteiger partial charge < -0.3 is 15.2 Å². The number of alkyl halides is 2. The molecule has 23 heavy (non-hydrogen) atoms. The van der Waals surface area contributed by atoms with Crippen LogP contribution in [0.1, 0.15) is 44.2 Å². The second-order valence-corrected chi connectivity index (χ2v) is 7.14. The van der Waals surface area contributed by atoms with Gasteiger partial charge >= 0.3 is 0 Å². The highest BCUT2D eigenvalue weighted by Crippen LogP contribution is 2.35. The summed E-state index contributed by atoms with van der Waals surface area (Å²) in [6.07, 6.45) is 3.82. The monoisotopic (exact) mass is 345 g/mol. The number of thioether (sulfide) groups is 1. The van der Waals surface area contributed by atoms with Gasteiger partial charge in [-0.2, -0.15) is 8.78 Å². The Balaban J connectivity index is 1.94. The first-order chi connectivity index (χ1) is 11.0. The molecule has 2 rings (SSSR count). The van der Waals surface area contributed by atoms with E-state index in [1.54, 1.807) is 6.07 Å². The molecule has 2 N–H and O–H groups in total. The molecule has 3 nitrogen and oxygen atoms in total. The van der Waals surface area contributed by atoms with Crippen LogP contribution in [0.4, 0.5) is 8.78 Å². The maximum Gasteiger partial charge on any atom is 0.289 e. The van der Waals surface area contributed by atoms with Crippen molar-refractivity contribution in [3.05, 3.63) is 23.8 Å². The van der Waals surface area contributed by atoms with Gasteiger partial charge in [-0.3, -0.25) is 0 Å². The Labute approximate surface area is 140 Å². The molecule has 130 valence electrons. The average molecular weight is 345 g/mol. The summed E-state index contributed by atoms with van der Waals surface area (Å²) in [4.78, 5) is 0.453. The molecule has 0 saturated heterocycles. The fraction of sp³-hybridized carbons (Fsp3) is 0.647. The summed E-state index contributed by atoms with van der Waals surface area (Å²) in [6.45, 7) is 2.90. The number of methoxy groups -OCH3 is 1. The zero-order valence-electron chi connectivity index (χ0n) is 13.6. The highest BCUT2D eigenvalue weighted by molar-refractivity contribution is 7.99. The van der Waals surface area contributed by atoms with Crippen molar-refractivity contribution in [1.29, 1.82) is 0 Å². The fourth-order valence-corrected chi connectivity index (χ4v) is 3.65. The Bertz CT molecular complexity index is 501. The van der Waals surface area contributed by atoms with Crippen LogP contribution in [0.5, 0.6) is 5.75 Å². The smallest absolute Gasteiger partial charge is 0.289 e. The first-order valence-electron chi connectivity index (χ1n) is 8.03. The van der Waals surface area contributed by atoms with E-state index in [-0.39, 0.29) is 12.1 Å². The van der Waals surface area contributed by atoms with Gasteiger partial charge in [0.25, 0.3) is 5.76 Å². The van der Waals surface area contributed by atoms with Crippen LogP contribution in [0.3, 0.4) is 0 Å². The topological polar surface area (TPSA) is 41.5 Å². The van der Waals surface area contributed by atoms with E-state index in [1.165, 1.54) is 7.11 Å². The Hall–Kier alpha value is -0.850. The molecular weight excluding hydrogens is 320 g/mol. The molecule has 0 radical (unpaired) electrons. The number of rotatable bonds is 7. The first-order valence-corrected chi connectivity index (χ1v) is 8.91. The van der Waals surface area contributed by atoms with Gasteiger partial charge in [-0.05, 0) is 56.3 Å². The highest BCUT2D eigenvalue weighted by atomic mass is 32.2. The lowest BCUT2D eigenvalue weighted by Crippen LogP contribution is -2.30. The molecule has 0 amide bonds. The summed E-state index contributed by atoms with van der Waals surface area (Å²) in [6, 6.07) is 5.47. The molecule has 1 aliphatic carbocycles. The van der Waals surface area contributed by atoms with E-state index in [2.05, 4.69) is 5.32 Å². The van der Waals surface area contributed by atoms with Crippen molar-refractivity contribution in [3.8, 4) is 5.75 Å². The van der Waals surface area contributed by atoms with E-state index in [4.69, 9.17) is 4.74 Å². The maximum atomic E-state index is 12.5. The maximum absolute atomic E-state index is 12.5. The van der Waals surface area contributed by atoms with Crippen molar-refractivity contribution in [2.24, 2.45) is 5.92 Å². The minimum atomic E-state index is -2.46. The molecule has 1 aromatic carbocycles. The summed E-state index contributed by atoms with van der Waals surface area (Å²) in [7, 11) is 1.50. The van der Waals surface area contributed by atoms with Crippen molar-refractivity contribution in [2.45, 2.75) is 55.4 Å². The van der Waals surface area contributed by atoms with E-state index in [0.29, 0.717) is 28.3 Å². The molecule has 0 spiro atoms. The summed E-state index contributed by atoms with van der Waals surface area (Å²) < 4.78 is 30.3. The SMILES string of the molecule is COc1cc(C(C)NCC2CCCC(O)C2)ccc1SC(F)F. The van der Waals surface area contributed by atoms with E-state index in [0.717, 1.165) is 37.8 Å². The average Bonchev–Trinajstić information content (AvgIpc) is 2.52. The molecule has 3 atom stereocenters. The van der Waals surface area contributed by atoms with Crippen LogP contribution < -0.4 is 10.1 Å². The molecule has 1 aromatic rings. The second kappa shape index (κ2) is 8.85. The molecular formula is C17H25F2NO2S. The molecule has 0 aromatic heterocycles. The fourth-order valence-electron chi connectivity index (χ4n) is 3.06. The van der Waals surface area contributed by atoms with Gasteiger partial charge in [-0.25, -0.2) is 0 Å². The van der Waals surface area contributed by atoms with Gasteiger partial charge in [0.1, 0.15) is 5.75 Å². The lowest BCUT2D eigenvalue weighted by Gasteiger charge is -2.27. The molecule has 3 unspecified atom stereocenters. The standard InChI is InChI=1S/C17H25F2NO2S/c1-11(20-10-12-4-3-5-14(21)8-12)13-6-7-16(23-17(18)19)15(9-13)22-2/h6-7,9,11-12,14,17,20-21H,3-5,8,10H2,1-2H3. The lowest BCUT2D eigenvalue weighted by atomic mass is 9.87. The van der Waals surface area contributed by atoms with Crippen molar-refractivity contribution in [2.75, 3.05) is 13.7 Å². The largest absolute Gasteiger partial charge is 0.496 e. The number of halogens is 2.